The highest BCUT2D eigenvalue weighted by molar-refractivity contribution is 5.61. The van der Waals surface area contributed by atoms with E-state index in [1.165, 1.54) is 30.4 Å². The van der Waals surface area contributed by atoms with Crippen LogP contribution in [0.25, 0.3) is 0 Å². The van der Waals surface area contributed by atoms with Gasteiger partial charge in [0.15, 0.2) is 0 Å². The van der Waals surface area contributed by atoms with Gasteiger partial charge in [-0.25, -0.2) is 19.2 Å². The van der Waals surface area contributed by atoms with E-state index in [4.69, 9.17) is 0 Å². The van der Waals surface area contributed by atoms with Crippen molar-refractivity contribution in [2.24, 2.45) is 20.0 Å². The Bertz CT molecular complexity index is 1190. The Hall–Kier alpha value is -4.82. The summed E-state index contributed by atoms with van der Waals surface area (Å²) in [5.41, 5.74) is 1.52. The molecule has 0 spiro atoms. The number of hydrogen-bond acceptors (Lipinski definition) is 8. The topological polar surface area (TPSA) is 118 Å². The van der Waals surface area contributed by atoms with Gasteiger partial charge in [-0.2, -0.15) is 20.0 Å². The molecule has 0 N–H and O–H groups in total. The fourth-order valence-electron chi connectivity index (χ4n) is 2.81. The molecule has 0 aromatic heterocycles. The summed E-state index contributed by atoms with van der Waals surface area (Å²) in [4.78, 5) is 55.8. The molecule has 32 heavy (non-hydrogen) atoms. The van der Waals surface area contributed by atoms with Crippen molar-refractivity contribution in [1.29, 1.82) is 0 Å². The summed E-state index contributed by atoms with van der Waals surface area (Å²) in [5, 5.41) is 0. The molecule has 0 fully saturated rings. The van der Waals surface area contributed by atoms with Crippen molar-refractivity contribution in [2.75, 3.05) is 0 Å². The number of benzene rings is 3. The molecule has 0 amide bonds. The van der Waals surface area contributed by atoms with Crippen LogP contribution >= 0.6 is 0 Å². The molecule has 8 heteroatoms. The number of rotatable bonds is 6. The van der Waals surface area contributed by atoms with Crippen LogP contribution in [0.2, 0.25) is 0 Å². The van der Waals surface area contributed by atoms with Gasteiger partial charge in [-0.1, -0.05) is 66.7 Å². The van der Waals surface area contributed by atoms with E-state index in [-0.39, 0.29) is 0 Å². The van der Waals surface area contributed by atoms with Crippen molar-refractivity contribution in [3.05, 3.63) is 95.6 Å². The van der Waals surface area contributed by atoms with Crippen molar-refractivity contribution in [2.45, 2.75) is 12.6 Å². The lowest BCUT2D eigenvalue weighted by Gasteiger charge is -2.22. The molecule has 3 aromatic rings. The van der Waals surface area contributed by atoms with Gasteiger partial charge in [0.1, 0.15) is 0 Å². The Balaban J connectivity index is 0.000000244. The highest BCUT2D eigenvalue weighted by Crippen LogP contribution is 2.34. The normalized spacial score (nSPS) is 9.41. The standard InChI is InChI=1S/C15H10N2O2.C9H6N2O2/c18-11-16-15(17-12-19,13-7-3-1-4-8-13)14-9-5-2-6-10-14;1-7-2-3-8(10-5-12)4-9(7)11-6-13/h1-10H;2-4H,1H3. The predicted molar refractivity (Wildman–Crippen MR) is 117 cm³/mol. The minimum atomic E-state index is -1.41. The maximum atomic E-state index is 10.8. The molecule has 0 aliphatic carbocycles. The van der Waals surface area contributed by atoms with Crippen LogP contribution in [0.1, 0.15) is 16.7 Å². The van der Waals surface area contributed by atoms with Gasteiger partial charge in [0, 0.05) is 11.1 Å². The van der Waals surface area contributed by atoms with Crippen LogP contribution in [0, 0.1) is 6.92 Å². The monoisotopic (exact) mass is 424 g/mol. The average Bonchev–Trinajstić information content (AvgIpc) is 2.83. The third-order valence-corrected chi connectivity index (χ3v) is 4.30. The predicted octanol–water partition coefficient (Wildman–Crippen LogP) is 4.49. The lowest BCUT2D eigenvalue weighted by Crippen LogP contribution is -2.22. The number of isocyanates is 4. The molecule has 3 aromatic carbocycles. The number of carbonyl (C=O) groups excluding carboxylic acids is 4. The van der Waals surface area contributed by atoms with Gasteiger partial charge in [0.25, 0.3) is 0 Å². The van der Waals surface area contributed by atoms with Gasteiger partial charge in [0.2, 0.25) is 30.0 Å². The molecule has 0 saturated carbocycles. The van der Waals surface area contributed by atoms with Crippen molar-refractivity contribution in [3.63, 3.8) is 0 Å². The van der Waals surface area contributed by atoms with Crippen LogP contribution in [0.15, 0.2) is 98.8 Å². The third-order valence-electron chi connectivity index (χ3n) is 4.30. The Kier molecular flexibility index (Phi) is 8.80. The van der Waals surface area contributed by atoms with Crippen molar-refractivity contribution in [3.8, 4) is 0 Å². The van der Waals surface area contributed by atoms with E-state index in [2.05, 4.69) is 20.0 Å². The number of nitrogens with zero attached hydrogens (tertiary/aromatic N) is 4. The summed E-state index contributed by atoms with van der Waals surface area (Å²) in [5.74, 6) is 0. The first kappa shape index (κ1) is 23.5. The van der Waals surface area contributed by atoms with E-state index >= 15 is 0 Å². The number of aliphatic imine (C=N–C) groups is 4. The average molecular weight is 424 g/mol. The van der Waals surface area contributed by atoms with Gasteiger partial charge >= 0.3 is 0 Å². The van der Waals surface area contributed by atoms with Gasteiger partial charge in [0.05, 0.1) is 11.4 Å². The third kappa shape index (κ3) is 5.85. The first-order valence-electron chi connectivity index (χ1n) is 9.16. The second kappa shape index (κ2) is 12.0. The largest absolute Gasteiger partial charge is 0.240 e. The van der Waals surface area contributed by atoms with Gasteiger partial charge < -0.3 is 0 Å². The second-order valence-electron chi connectivity index (χ2n) is 6.19. The Labute approximate surface area is 183 Å². The van der Waals surface area contributed by atoms with E-state index in [0.717, 1.165) is 5.56 Å². The Morgan fingerprint density at radius 2 is 1.12 bits per heavy atom. The molecule has 0 atom stereocenters. The summed E-state index contributed by atoms with van der Waals surface area (Å²) in [6.45, 7) is 1.80. The first-order chi connectivity index (χ1) is 15.6. The smallest absolute Gasteiger partial charge is 0.211 e. The molecule has 156 valence electrons. The molecular weight excluding hydrogens is 408 g/mol. The quantitative estimate of drug-likeness (QED) is 0.428. The highest BCUT2D eigenvalue weighted by Gasteiger charge is 2.33. The summed E-state index contributed by atoms with van der Waals surface area (Å²) >= 11 is 0. The molecule has 0 unspecified atom stereocenters. The summed E-state index contributed by atoms with van der Waals surface area (Å²) in [7, 11) is 0. The zero-order valence-electron chi connectivity index (χ0n) is 16.9. The molecule has 0 aliphatic heterocycles. The molecule has 8 nitrogen and oxygen atoms in total. The van der Waals surface area contributed by atoms with E-state index in [1.54, 1.807) is 67.6 Å². The van der Waals surface area contributed by atoms with E-state index in [1.807, 2.05) is 12.1 Å². The molecule has 0 bridgehead atoms. The fraction of sp³-hybridized carbons (Fsp3) is 0.0833. The first-order valence-corrected chi connectivity index (χ1v) is 9.16. The lowest BCUT2D eigenvalue weighted by molar-refractivity contribution is 0.516. The van der Waals surface area contributed by atoms with Crippen LogP contribution < -0.4 is 0 Å². The van der Waals surface area contributed by atoms with Gasteiger partial charge in [-0.05, 0) is 24.6 Å². The van der Waals surface area contributed by atoms with Crippen molar-refractivity contribution < 1.29 is 19.2 Å². The molecular formula is C24H16N4O4. The van der Waals surface area contributed by atoms with E-state index in [9.17, 15) is 19.2 Å². The van der Waals surface area contributed by atoms with Crippen LogP contribution in [-0.2, 0) is 24.8 Å². The fourth-order valence-corrected chi connectivity index (χ4v) is 2.81. The van der Waals surface area contributed by atoms with Gasteiger partial charge in [-0.3, -0.25) is 0 Å². The Morgan fingerprint density at radius 1 is 0.625 bits per heavy atom. The maximum absolute atomic E-state index is 10.8. The maximum Gasteiger partial charge on any atom is 0.240 e. The van der Waals surface area contributed by atoms with Crippen LogP contribution in [0.3, 0.4) is 0 Å². The molecule has 0 aliphatic rings. The number of aryl methyl sites for hydroxylation is 1. The zero-order valence-corrected chi connectivity index (χ0v) is 16.9. The van der Waals surface area contributed by atoms with E-state index in [0.29, 0.717) is 22.5 Å². The van der Waals surface area contributed by atoms with Crippen LogP contribution in [0.5, 0.6) is 0 Å². The summed E-state index contributed by atoms with van der Waals surface area (Å²) < 4.78 is 0. The zero-order chi connectivity index (χ0) is 23.2. The van der Waals surface area contributed by atoms with Gasteiger partial charge in [-0.15, -0.1) is 0 Å². The van der Waals surface area contributed by atoms with Crippen molar-refractivity contribution in [1.82, 2.24) is 0 Å². The Morgan fingerprint density at radius 3 is 1.56 bits per heavy atom. The number of hydrogen-bond donors (Lipinski definition) is 0. The molecule has 0 heterocycles. The lowest BCUT2D eigenvalue weighted by atomic mass is 9.92. The van der Waals surface area contributed by atoms with E-state index < -0.39 is 5.66 Å². The molecule has 3 rings (SSSR count). The van der Waals surface area contributed by atoms with Crippen LogP contribution in [0.4, 0.5) is 11.4 Å². The molecule has 0 saturated heterocycles. The molecule has 0 radical (unpaired) electrons. The van der Waals surface area contributed by atoms with Crippen LogP contribution in [-0.4, -0.2) is 24.3 Å². The van der Waals surface area contributed by atoms with Crippen molar-refractivity contribution >= 4 is 35.7 Å². The minimum Gasteiger partial charge on any atom is -0.211 e. The second-order valence-corrected chi connectivity index (χ2v) is 6.19. The minimum absolute atomic E-state index is 0.426. The SMILES string of the molecule is Cc1ccc(N=C=O)cc1N=C=O.O=C=NC(N=C=O)(c1ccccc1)c1ccccc1. The summed E-state index contributed by atoms with van der Waals surface area (Å²) in [6, 6.07) is 22.7. The summed E-state index contributed by atoms with van der Waals surface area (Å²) in [6.07, 6.45) is 5.82. The highest BCUT2D eigenvalue weighted by atomic mass is 16.1.